The van der Waals surface area contributed by atoms with Gasteiger partial charge in [-0.3, -0.25) is 4.79 Å². The Morgan fingerprint density at radius 1 is 1.50 bits per heavy atom. The lowest BCUT2D eigenvalue weighted by molar-refractivity contribution is -0.136. The number of aromatic nitrogens is 3. The molecule has 0 spiro atoms. The van der Waals surface area contributed by atoms with Crippen molar-refractivity contribution >= 4 is 33.2 Å². The highest BCUT2D eigenvalue weighted by Crippen LogP contribution is 2.23. The van der Waals surface area contributed by atoms with Gasteiger partial charge in [0.25, 0.3) is 0 Å². The Kier molecular flexibility index (Phi) is 4.34. The van der Waals surface area contributed by atoms with Crippen LogP contribution in [-0.4, -0.2) is 25.6 Å². The van der Waals surface area contributed by atoms with E-state index in [9.17, 15) is 9.59 Å². The highest BCUT2D eigenvalue weighted by molar-refractivity contribution is 9.11. The summed E-state index contributed by atoms with van der Waals surface area (Å²) in [5.74, 6) is -0.876. The van der Waals surface area contributed by atoms with E-state index < -0.39 is 11.7 Å². The van der Waals surface area contributed by atoms with Gasteiger partial charge in [0, 0.05) is 17.8 Å². The van der Waals surface area contributed by atoms with Crippen molar-refractivity contribution in [2.24, 2.45) is 0 Å². The molecule has 2 rings (SSSR count). The minimum Gasteiger partial charge on any atom is -0.481 e. The molecular formula is C12H12BrN3O3S. The molecule has 20 heavy (non-hydrogen) atoms. The van der Waals surface area contributed by atoms with E-state index >= 15 is 0 Å². The van der Waals surface area contributed by atoms with E-state index in [1.165, 1.54) is 15.9 Å². The summed E-state index contributed by atoms with van der Waals surface area (Å²) >= 11 is 4.62. The molecule has 0 fully saturated rings. The summed E-state index contributed by atoms with van der Waals surface area (Å²) in [6.45, 7) is 3.50. The Bertz CT molecular complexity index is 723. The van der Waals surface area contributed by atoms with E-state index in [-0.39, 0.29) is 6.42 Å². The second kappa shape index (κ2) is 5.84. The molecule has 1 N–H and O–H groups in total. The van der Waals surface area contributed by atoms with Gasteiger partial charge in [-0.1, -0.05) is 11.3 Å². The van der Waals surface area contributed by atoms with Crippen molar-refractivity contribution in [2.75, 3.05) is 0 Å². The van der Waals surface area contributed by atoms with Gasteiger partial charge in [-0.25, -0.2) is 14.3 Å². The van der Waals surface area contributed by atoms with Crippen molar-refractivity contribution in [1.82, 2.24) is 14.5 Å². The topological polar surface area (TPSA) is 85.1 Å². The first-order valence-electron chi connectivity index (χ1n) is 5.82. The minimum atomic E-state index is -0.876. The molecular weight excluding hydrogens is 346 g/mol. The third-order valence-corrected chi connectivity index (χ3v) is 4.37. The van der Waals surface area contributed by atoms with Crippen LogP contribution in [0.1, 0.15) is 23.4 Å². The van der Waals surface area contributed by atoms with Gasteiger partial charge in [0.1, 0.15) is 0 Å². The predicted molar refractivity (Wildman–Crippen MR) is 78.6 cm³/mol. The number of thiazole rings is 1. The number of aliphatic carboxylic acids is 1. The Hall–Kier alpha value is -1.54. The predicted octanol–water partition coefficient (Wildman–Crippen LogP) is 2.09. The number of hydrogen-bond acceptors (Lipinski definition) is 5. The summed E-state index contributed by atoms with van der Waals surface area (Å²) in [7, 11) is 0. The molecule has 0 saturated heterocycles. The Morgan fingerprint density at radius 2 is 2.20 bits per heavy atom. The number of rotatable bonds is 4. The molecule has 0 bridgehead atoms. The second-order valence-electron chi connectivity index (χ2n) is 4.22. The monoisotopic (exact) mass is 357 g/mol. The standard InChI is InChI=1S/C12H12BrN3O3S/c1-6-8(3-4-10(17)18)7(2)16(11(19)15-6)12-14-5-9(13)20-12/h5H,3-4H2,1-2H3,(H,17,18). The number of hydrogen-bond donors (Lipinski definition) is 1. The summed E-state index contributed by atoms with van der Waals surface area (Å²) in [5.41, 5.74) is 1.63. The summed E-state index contributed by atoms with van der Waals surface area (Å²) in [4.78, 5) is 30.9. The number of nitrogens with zero attached hydrogens (tertiary/aromatic N) is 3. The van der Waals surface area contributed by atoms with Gasteiger partial charge in [0.2, 0.25) is 0 Å². The maximum absolute atomic E-state index is 12.0. The third kappa shape index (κ3) is 2.96. The molecule has 0 saturated carbocycles. The summed E-state index contributed by atoms with van der Waals surface area (Å²) in [6.07, 6.45) is 1.96. The van der Waals surface area contributed by atoms with E-state index in [0.717, 1.165) is 9.35 Å². The lowest BCUT2D eigenvalue weighted by atomic mass is 10.1. The summed E-state index contributed by atoms with van der Waals surface area (Å²) in [5, 5.41) is 9.31. The largest absolute Gasteiger partial charge is 0.481 e. The lowest BCUT2D eigenvalue weighted by Crippen LogP contribution is -2.26. The van der Waals surface area contributed by atoms with Crippen LogP contribution >= 0.6 is 27.3 Å². The Balaban J connectivity index is 2.55. The first-order chi connectivity index (χ1) is 9.40. The molecule has 106 valence electrons. The number of carbonyl (C=O) groups is 1. The number of carboxylic acids is 1. The van der Waals surface area contributed by atoms with Crippen LogP contribution in [0.15, 0.2) is 14.8 Å². The van der Waals surface area contributed by atoms with Crippen molar-refractivity contribution in [3.05, 3.63) is 37.4 Å². The van der Waals surface area contributed by atoms with Crippen LogP contribution in [0.3, 0.4) is 0 Å². The van der Waals surface area contributed by atoms with Crippen molar-refractivity contribution in [2.45, 2.75) is 26.7 Å². The Labute approximate surface area is 127 Å². The first kappa shape index (κ1) is 14.9. The maximum Gasteiger partial charge on any atom is 0.354 e. The van der Waals surface area contributed by atoms with Crippen molar-refractivity contribution in [1.29, 1.82) is 0 Å². The molecule has 8 heteroatoms. The van der Waals surface area contributed by atoms with Crippen molar-refractivity contribution in [3.63, 3.8) is 0 Å². The average Bonchev–Trinajstić information content (AvgIpc) is 2.74. The van der Waals surface area contributed by atoms with Crippen LogP contribution in [0.25, 0.3) is 5.13 Å². The Morgan fingerprint density at radius 3 is 2.75 bits per heavy atom. The van der Waals surface area contributed by atoms with Crippen LogP contribution in [-0.2, 0) is 11.2 Å². The van der Waals surface area contributed by atoms with E-state index in [4.69, 9.17) is 5.11 Å². The van der Waals surface area contributed by atoms with E-state index in [1.807, 2.05) is 0 Å². The molecule has 0 aliphatic rings. The number of halogens is 1. The zero-order valence-corrected chi connectivity index (χ0v) is 13.3. The highest BCUT2D eigenvalue weighted by atomic mass is 79.9. The van der Waals surface area contributed by atoms with Crippen LogP contribution in [0.4, 0.5) is 0 Å². The highest BCUT2D eigenvalue weighted by Gasteiger charge is 2.15. The molecule has 0 aliphatic carbocycles. The molecule has 0 aliphatic heterocycles. The fourth-order valence-electron chi connectivity index (χ4n) is 1.97. The molecule has 0 atom stereocenters. The SMILES string of the molecule is Cc1nc(=O)n(-c2ncc(Br)s2)c(C)c1CCC(=O)O. The molecule has 6 nitrogen and oxygen atoms in total. The second-order valence-corrected chi connectivity index (χ2v) is 6.61. The van der Waals surface area contributed by atoms with Crippen LogP contribution < -0.4 is 5.69 Å². The van der Waals surface area contributed by atoms with Gasteiger partial charge in [-0.2, -0.15) is 4.98 Å². The lowest BCUT2D eigenvalue weighted by Gasteiger charge is -2.12. The van der Waals surface area contributed by atoms with Gasteiger partial charge in [-0.15, -0.1) is 0 Å². The van der Waals surface area contributed by atoms with Gasteiger partial charge in [-0.05, 0) is 41.8 Å². The molecule has 2 heterocycles. The number of aryl methyl sites for hydroxylation is 1. The van der Waals surface area contributed by atoms with Crippen molar-refractivity contribution in [3.8, 4) is 5.13 Å². The normalized spacial score (nSPS) is 10.8. The maximum atomic E-state index is 12.0. The minimum absolute atomic E-state index is 0.00310. The summed E-state index contributed by atoms with van der Waals surface area (Å²) < 4.78 is 2.23. The summed E-state index contributed by atoms with van der Waals surface area (Å²) in [6, 6.07) is 0. The molecule has 0 aromatic carbocycles. The molecule has 2 aromatic rings. The van der Waals surface area contributed by atoms with Gasteiger partial charge >= 0.3 is 11.7 Å². The quantitative estimate of drug-likeness (QED) is 0.905. The van der Waals surface area contributed by atoms with Gasteiger partial charge < -0.3 is 5.11 Å². The number of carboxylic acid groups (broad SMARTS) is 1. The van der Waals surface area contributed by atoms with Crippen LogP contribution in [0, 0.1) is 13.8 Å². The molecule has 0 unspecified atom stereocenters. The smallest absolute Gasteiger partial charge is 0.354 e. The van der Waals surface area contributed by atoms with Gasteiger partial charge in [0.05, 0.1) is 9.98 Å². The van der Waals surface area contributed by atoms with Crippen LogP contribution in [0.5, 0.6) is 0 Å². The fourth-order valence-corrected chi connectivity index (χ4v) is 3.20. The zero-order chi connectivity index (χ0) is 14.9. The first-order valence-corrected chi connectivity index (χ1v) is 7.43. The van der Waals surface area contributed by atoms with Gasteiger partial charge in [0.15, 0.2) is 5.13 Å². The van der Waals surface area contributed by atoms with E-state index in [2.05, 4.69) is 25.9 Å². The average molecular weight is 358 g/mol. The molecule has 0 radical (unpaired) electrons. The molecule has 2 aromatic heterocycles. The zero-order valence-electron chi connectivity index (χ0n) is 10.9. The van der Waals surface area contributed by atoms with Crippen molar-refractivity contribution < 1.29 is 9.90 Å². The fraction of sp³-hybridized carbons (Fsp3) is 0.333. The van der Waals surface area contributed by atoms with E-state index in [0.29, 0.717) is 22.9 Å². The van der Waals surface area contributed by atoms with Crippen LogP contribution in [0.2, 0.25) is 0 Å². The third-order valence-electron chi connectivity index (χ3n) is 2.91. The van der Waals surface area contributed by atoms with E-state index in [1.54, 1.807) is 20.0 Å². The molecule has 0 amide bonds.